The minimum absolute atomic E-state index is 0.819. The Morgan fingerprint density at radius 1 is 1.67 bits per heavy atom. The second kappa shape index (κ2) is 2.17. The molecule has 1 aliphatic carbocycles. The van der Waals surface area contributed by atoms with Crippen molar-refractivity contribution in [1.82, 2.24) is 0 Å². The monoisotopic (exact) mass is 124 g/mol. The van der Waals surface area contributed by atoms with E-state index in [4.69, 9.17) is 0 Å². The zero-order valence-corrected chi connectivity index (χ0v) is 6.65. The zero-order chi connectivity index (χ0) is 7.02. The first-order chi connectivity index (χ1) is 4.18. The summed E-state index contributed by atoms with van der Waals surface area (Å²) >= 11 is 0. The summed E-state index contributed by atoms with van der Waals surface area (Å²) in [6, 6.07) is 0. The molecule has 0 aromatic heterocycles. The van der Waals surface area contributed by atoms with Crippen LogP contribution in [0.25, 0.3) is 0 Å². The van der Waals surface area contributed by atoms with Gasteiger partial charge in [0.1, 0.15) is 0 Å². The van der Waals surface area contributed by atoms with Crippen molar-refractivity contribution in [3.8, 4) is 0 Å². The summed E-state index contributed by atoms with van der Waals surface area (Å²) in [5.74, 6) is 2.54. The Kier molecular flexibility index (Phi) is 1.65. The predicted molar refractivity (Wildman–Crippen MR) is 41.2 cm³/mol. The number of rotatable bonds is 2. The first kappa shape index (κ1) is 6.85. The molecule has 0 bridgehead atoms. The molecule has 0 N–H and O–H groups in total. The third-order valence-electron chi connectivity index (χ3n) is 2.70. The van der Waals surface area contributed by atoms with Gasteiger partial charge in [0, 0.05) is 0 Å². The molecule has 0 heteroatoms. The van der Waals surface area contributed by atoms with Gasteiger partial charge in [-0.25, -0.2) is 0 Å². The topological polar surface area (TPSA) is 0 Å². The molecule has 0 radical (unpaired) electrons. The molecule has 1 rings (SSSR count). The first-order valence-electron chi connectivity index (χ1n) is 3.87. The minimum atomic E-state index is 0.819. The van der Waals surface area contributed by atoms with Crippen LogP contribution in [-0.2, 0) is 0 Å². The van der Waals surface area contributed by atoms with Crippen LogP contribution in [0.4, 0.5) is 0 Å². The molecule has 0 aromatic rings. The standard InChI is InChI=1S/C9H16/c1-5-6(2)9-7(3)8(9)4/h6,8-9H,3,5H2,1-2,4H3. The lowest BCUT2D eigenvalue weighted by molar-refractivity contribution is 0.476. The minimum Gasteiger partial charge on any atom is -0.0993 e. The second-order valence-corrected chi connectivity index (χ2v) is 3.27. The average Bonchev–Trinajstić information content (AvgIpc) is 2.40. The Hall–Kier alpha value is -0.260. The Morgan fingerprint density at radius 3 is 2.22 bits per heavy atom. The van der Waals surface area contributed by atoms with E-state index in [0.29, 0.717) is 0 Å². The maximum Gasteiger partial charge on any atom is -0.0114 e. The third-order valence-corrected chi connectivity index (χ3v) is 2.70. The van der Waals surface area contributed by atoms with Crippen LogP contribution in [0.15, 0.2) is 12.2 Å². The molecular formula is C9H16. The molecule has 1 saturated carbocycles. The van der Waals surface area contributed by atoms with Gasteiger partial charge in [0.05, 0.1) is 0 Å². The van der Waals surface area contributed by atoms with E-state index in [1.807, 2.05) is 0 Å². The highest BCUT2D eigenvalue weighted by molar-refractivity contribution is 5.25. The fraction of sp³-hybridized carbons (Fsp3) is 0.778. The highest BCUT2D eigenvalue weighted by atomic mass is 14.4. The molecule has 0 spiro atoms. The van der Waals surface area contributed by atoms with Crippen molar-refractivity contribution in [2.45, 2.75) is 27.2 Å². The van der Waals surface area contributed by atoms with Gasteiger partial charge >= 0.3 is 0 Å². The molecule has 1 fully saturated rings. The predicted octanol–water partition coefficient (Wildman–Crippen LogP) is 2.85. The molecule has 0 nitrogen and oxygen atoms in total. The maximum absolute atomic E-state index is 4.00. The molecule has 0 amide bonds. The van der Waals surface area contributed by atoms with E-state index in [-0.39, 0.29) is 0 Å². The van der Waals surface area contributed by atoms with Gasteiger partial charge in [0.25, 0.3) is 0 Å². The van der Waals surface area contributed by atoms with Gasteiger partial charge in [0.2, 0.25) is 0 Å². The van der Waals surface area contributed by atoms with Gasteiger partial charge < -0.3 is 0 Å². The van der Waals surface area contributed by atoms with Gasteiger partial charge in [-0.2, -0.15) is 0 Å². The quantitative estimate of drug-likeness (QED) is 0.496. The molecular weight excluding hydrogens is 108 g/mol. The van der Waals surface area contributed by atoms with E-state index in [1.54, 1.807) is 0 Å². The molecule has 9 heavy (non-hydrogen) atoms. The lowest BCUT2D eigenvalue weighted by Gasteiger charge is -2.03. The van der Waals surface area contributed by atoms with E-state index in [9.17, 15) is 0 Å². The molecule has 1 aliphatic rings. The van der Waals surface area contributed by atoms with Crippen molar-refractivity contribution in [3.05, 3.63) is 12.2 Å². The molecule has 0 aliphatic heterocycles. The molecule has 0 heterocycles. The molecule has 0 saturated heterocycles. The summed E-state index contributed by atoms with van der Waals surface area (Å²) in [6.45, 7) is 10.8. The normalized spacial score (nSPS) is 36.6. The van der Waals surface area contributed by atoms with Crippen LogP contribution >= 0.6 is 0 Å². The van der Waals surface area contributed by atoms with Crippen LogP contribution in [0.1, 0.15) is 27.2 Å². The first-order valence-corrected chi connectivity index (χ1v) is 3.87. The van der Waals surface area contributed by atoms with Crippen LogP contribution in [0.5, 0.6) is 0 Å². The van der Waals surface area contributed by atoms with Crippen molar-refractivity contribution in [2.24, 2.45) is 17.8 Å². The Balaban J connectivity index is 2.39. The van der Waals surface area contributed by atoms with Gasteiger partial charge in [0.15, 0.2) is 0 Å². The van der Waals surface area contributed by atoms with Gasteiger partial charge in [-0.05, 0) is 17.8 Å². The zero-order valence-electron chi connectivity index (χ0n) is 6.65. The highest BCUT2D eigenvalue weighted by Crippen LogP contribution is 2.49. The average molecular weight is 124 g/mol. The Bertz CT molecular complexity index is 124. The van der Waals surface area contributed by atoms with E-state index in [2.05, 4.69) is 27.4 Å². The van der Waals surface area contributed by atoms with Crippen molar-refractivity contribution >= 4 is 0 Å². The van der Waals surface area contributed by atoms with Crippen LogP contribution in [0.2, 0.25) is 0 Å². The Labute approximate surface area is 58.0 Å². The summed E-state index contributed by atoms with van der Waals surface area (Å²) in [7, 11) is 0. The van der Waals surface area contributed by atoms with E-state index >= 15 is 0 Å². The second-order valence-electron chi connectivity index (χ2n) is 3.27. The van der Waals surface area contributed by atoms with Gasteiger partial charge in [-0.1, -0.05) is 39.3 Å². The SMILES string of the molecule is C=C1C(C)C1C(C)CC. The fourth-order valence-corrected chi connectivity index (χ4v) is 1.61. The maximum atomic E-state index is 4.00. The van der Waals surface area contributed by atoms with Gasteiger partial charge in [-0.3, -0.25) is 0 Å². The molecule has 0 aromatic carbocycles. The van der Waals surface area contributed by atoms with Crippen molar-refractivity contribution in [3.63, 3.8) is 0 Å². The fourth-order valence-electron chi connectivity index (χ4n) is 1.61. The number of hydrogen-bond acceptors (Lipinski definition) is 0. The molecule has 52 valence electrons. The smallest absolute Gasteiger partial charge is 0.0114 e. The van der Waals surface area contributed by atoms with Crippen LogP contribution in [0, 0.1) is 17.8 Å². The van der Waals surface area contributed by atoms with Crippen LogP contribution in [-0.4, -0.2) is 0 Å². The lowest BCUT2D eigenvalue weighted by atomic mass is 10.0. The van der Waals surface area contributed by atoms with E-state index in [0.717, 1.165) is 17.8 Å². The van der Waals surface area contributed by atoms with Gasteiger partial charge in [-0.15, -0.1) is 0 Å². The van der Waals surface area contributed by atoms with Crippen molar-refractivity contribution in [1.29, 1.82) is 0 Å². The largest absolute Gasteiger partial charge is 0.0993 e. The molecule has 3 atom stereocenters. The summed E-state index contributed by atoms with van der Waals surface area (Å²) in [4.78, 5) is 0. The number of allylic oxidation sites excluding steroid dienone is 1. The van der Waals surface area contributed by atoms with Crippen LogP contribution in [0.3, 0.4) is 0 Å². The van der Waals surface area contributed by atoms with Crippen LogP contribution < -0.4 is 0 Å². The van der Waals surface area contributed by atoms with E-state index in [1.165, 1.54) is 12.0 Å². The lowest BCUT2D eigenvalue weighted by Crippen LogP contribution is -1.95. The highest BCUT2D eigenvalue weighted by Gasteiger charge is 2.40. The summed E-state index contributed by atoms with van der Waals surface area (Å²) in [5, 5.41) is 0. The number of hydrogen-bond donors (Lipinski definition) is 0. The third kappa shape index (κ3) is 1.03. The summed E-state index contributed by atoms with van der Waals surface area (Å²) in [6.07, 6.45) is 1.30. The van der Waals surface area contributed by atoms with E-state index < -0.39 is 0 Å². The van der Waals surface area contributed by atoms with Crippen molar-refractivity contribution < 1.29 is 0 Å². The Morgan fingerprint density at radius 2 is 2.11 bits per heavy atom. The summed E-state index contributed by atoms with van der Waals surface area (Å²) < 4.78 is 0. The van der Waals surface area contributed by atoms with Crippen molar-refractivity contribution in [2.75, 3.05) is 0 Å². The molecule has 3 unspecified atom stereocenters. The summed E-state index contributed by atoms with van der Waals surface area (Å²) in [5.41, 5.74) is 1.48.